The van der Waals surface area contributed by atoms with Gasteiger partial charge in [-0.25, -0.2) is 8.42 Å². The summed E-state index contributed by atoms with van der Waals surface area (Å²) in [5, 5.41) is 0. The van der Waals surface area contributed by atoms with E-state index < -0.39 is 10.0 Å². The maximum Gasteiger partial charge on any atom is 0.214 e. The van der Waals surface area contributed by atoms with Gasteiger partial charge in [0, 0.05) is 6.54 Å². The summed E-state index contributed by atoms with van der Waals surface area (Å²) >= 11 is 0. The average Bonchev–Trinajstić information content (AvgIpc) is 2.60. The first kappa shape index (κ1) is 16.0. The third-order valence-electron chi connectivity index (χ3n) is 4.37. The molecule has 23 heavy (non-hydrogen) atoms. The lowest BCUT2D eigenvalue weighted by molar-refractivity contribution is 0.343. The van der Waals surface area contributed by atoms with Crippen LogP contribution in [0.4, 0.5) is 0 Å². The van der Waals surface area contributed by atoms with Gasteiger partial charge < -0.3 is 4.74 Å². The summed E-state index contributed by atoms with van der Waals surface area (Å²) in [6, 6.07) is 15.5. The van der Waals surface area contributed by atoms with Gasteiger partial charge in [0.2, 0.25) is 10.0 Å². The maximum absolute atomic E-state index is 12.6. The molecule has 0 N–H and O–H groups in total. The first-order valence-electron chi connectivity index (χ1n) is 7.78. The molecule has 122 valence electrons. The Morgan fingerprint density at radius 1 is 1.17 bits per heavy atom. The number of nitrogens with zero attached hydrogens (tertiary/aromatic N) is 1. The second-order valence-electron chi connectivity index (χ2n) is 5.64. The fourth-order valence-electron chi connectivity index (χ4n) is 3.15. The predicted octanol–water partition coefficient (Wildman–Crippen LogP) is 2.99. The van der Waals surface area contributed by atoms with Crippen LogP contribution in [0.5, 0.6) is 5.75 Å². The van der Waals surface area contributed by atoms with Gasteiger partial charge in [0.15, 0.2) is 0 Å². The first-order valence-corrected chi connectivity index (χ1v) is 9.39. The van der Waals surface area contributed by atoms with Crippen LogP contribution in [0.15, 0.2) is 48.5 Å². The summed E-state index contributed by atoms with van der Waals surface area (Å²) in [5.74, 6) is 0.921. The third-order valence-corrected chi connectivity index (χ3v) is 6.21. The van der Waals surface area contributed by atoms with Crippen molar-refractivity contribution in [3.8, 4) is 5.75 Å². The van der Waals surface area contributed by atoms with Crippen molar-refractivity contribution in [1.29, 1.82) is 0 Å². The molecule has 0 aromatic heterocycles. The zero-order valence-electron chi connectivity index (χ0n) is 13.4. The third kappa shape index (κ3) is 2.99. The number of hydrogen-bond donors (Lipinski definition) is 0. The number of methoxy groups -OCH3 is 1. The molecule has 1 aliphatic heterocycles. The summed E-state index contributed by atoms with van der Waals surface area (Å²) < 4.78 is 32.1. The van der Waals surface area contributed by atoms with Gasteiger partial charge in [0.05, 0.1) is 18.9 Å². The summed E-state index contributed by atoms with van der Waals surface area (Å²) in [5.41, 5.74) is 3.19. The quantitative estimate of drug-likeness (QED) is 0.865. The predicted molar refractivity (Wildman–Crippen MR) is 91.1 cm³/mol. The SMILES string of the molecule is CCS(=O)(=O)N1CCc2cc(OC)ccc2C1c1ccccc1. The molecular formula is C18H21NO3S. The zero-order chi connectivity index (χ0) is 16.4. The lowest BCUT2D eigenvalue weighted by atomic mass is 9.90. The van der Waals surface area contributed by atoms with Gasteiger partial charge in [-0.15, -0.1) is 0 Å². The minimum absolute atomic E-state index is 0.113. The molecule has 0 saturated heterocycles. The molecule has 0 saturated carbocycles. The van der Waals surface area contributed by atoms with Gasteiger partial charge in [-0.05, 0) is 42.2 Å². The molecule has 1 unspecified atom stereocenters. The molecule has 0 radical (unpaired) electrons. The highest BCUT2D eigenvalue weighted by molar-refractivity contribution is 7.89. The Bertz CT molecular complexity index is 787. The Morgan fingerprint density at radius 2 is 1.91 bits per heavy atom. The Balaban J connectivity index is 2.15. The summed E-state index contributed by atoms with van der Waals surface area (Å²) in [6.45, 7) is 2.19. The highest BCUT2D eigenvalue weighted by Gasteiger charge is 2.35. The molecule has 0 amide bonds. The van der Waals surface area contributed by atoms with E-state index in [1.165, 1.54) is 0 Å². The van der Waals surface area contributed by atoms with Gasteiger partial charge in [-0.3, -0.25) is 0 Å². The second-order valence-corrected chi connectivity index (χ2v) is 7.85. The zero-order valence-corrected chi connectivity index (χ0v) is 14.2. The van der Waals surface area contributed by atoms with Crippen LogP contribution in [0.25, 0.3) is 0 Å². The van der Waals surface area contributed by atoms with Crippen LogP contribution in [0.1, 0.15) is 29.7 Å². The molecule has 1 aliphatic rings. The first-order chi connectivity index (χ1) is 11.1. The van der Waals surface area contributed by atoms with Crippen LogP contribution in [-0.2, 0) is 16.4 Å². The molecule has 0 bridgehead atoms. The molecular weight excluding hydrogens is 310 g/mol. The van der Waals surface area contributed by atoms with Crippen molar-refractivity contribution in [1.82, 2.24) is 4.31 Å². The minimum Gasteiger partial charge on any atom is -0.497 e. The van der Waals surface area contributed by atoms with E-state index in [-0.39, 0.29) is 11.8 Å². The summed E-state index contributed by atoms with van der Waals surface area (Å²) in [6.07, 6.45) is 0.703. The van der Waals surface area contributed by atoms with E-state index in [2.05, 4.69) is 0 Å². The van der Waals surface area contributed by atoms with Crippen LogP contribution < -0.4 is 4.74 Å². The van der Waals surface area contributed by atoms with Gasteiger partial charge in [0.1, 0.15) is 5.75 Å². The lowest BCUT2D eigenvalue weighted by Gasteiger charge is -2.36. The van der Waals surface area contributed by atoms with E-state index in [1.807, 2.05) is 48.5 Å². The van der Waals surface area contributed by atoms with Crippen molar-refractivity contribution in [2.24, 2.45) is 0 Å². The molecule has 2 aromatic carbocycles. The lowest BCUT2D eigenvalue weighted by Crippen LogP contribution is -2.41. The molecule has 4 nitrogen and oxygen atoms in total. The molecule has 3 rings (SSSR count). The van der Waals surface area contributed by atoms with E-state index in [1.54, 1.807) is 18.3 Å². The number of hydrogen-bond acceptors (Lipinski definition) is 3. The normalized spacial score (nSPS) is 18.4. The fourth-order valence-corrected chi connectivity index (χ4v) is 4.41. The van der Waals surface area contributed by atoms with E-state index in [4.69, 9.17) is 4.74 Å². The highest BCUT2D eigenvalue weighted by Crippen LogP contribution is 2.38. The topological polar surface area (TPSA) is 46.6 Å². The Morgan fingerprint density at radius 3 is 2.57 bits per heavy atom. The van der Waals surface area contributed by atoms with E-state index in [0.29, 0.717) is 13.0 Å². The fraction of sp³-hybridized carbons (Fsp3) is 0.333. The van der Waals surface area contributed by atoms with Crippen LogP contribution in [-0.4, -0.2) is 32.1 Å². The monoisotopic (exact) mass is 331 g/mol. The van der Waals surface area contributed by atoms with Crippen molar-refractivity contribution < 1.29 is 13.2 Å². The van der Waals surface area contributed by atoms with Crippen molar-refractivity contribution in [2.45, 2.75) is 19.4 Å². The van der Waals surface area contributed by atoms with Crippen LogP contribution in [0.2, 0.25) is 0 Å². The van der Waals surface area contributed by atoms with Crippen molar-refractivity contribution in [2.75, 3.05) is 19.4 Å². The molecule has 0 fully saturated rings. The van der Waals surface area contributed by atoms with Crippen LogP contribution in [0, 0.1) is 0 Å². The van der Waals surface area contributed by atoms with Crippen LogP contribution >= 0.6 is 0 Å². The molecule has 0 aliphatic carbocycles. The maximum atomic E-state index is 12.6. The molecule has 5 heteroatoms. The van der Waals surface area contributed by atoms with Crippen LogP contribution in [0.3, 0.4) is 0 Å². The van der Waals surface area contributed by atoms with Crippen molar-refractivity contribution in [3.63, 3.8) is 0 Å². The number of ether oxygens (including phenoxy) is 1. The van der Waals surface area contributed by atoms with E-state index >= 15 is 0 Å². The number of fused-ring (bicyclic) bond motifs is 1. The van der Waals surface area contributed by atoms with E-state index in [0.717, 1.165) is 22.4 Å². The highest BCUT2D eigenvalue weighted by atomic mass is 32.2. The second kappa shape index (κ2) is 6.34. The van der Waals surface area contributed by atoms with Gasteiger partial charge in [0.25, 0.3) is 0 Å². The molecule has 2 aromatic rings. The van der Waals surface area contributed by atoms with Gasteiger partial charge >= 0.3 is 0 Å². The van der Waals surface area contributed by atoms with E-state index in [9.17, 15) is 8.42 Å². The largest absolute Gasteiger partial charge is 0.497 e. The van der Waals surface area contributed by atoms with Crippen molar-refractivity contribution >= 4 is 10.0 Å². The molecule has 1 heterocycles. The van der Waals surface area contributed by atoms with Gasteiger partial charge in [-0.2, -0.15) is 4.31 Å². The average molecular weight is 331 g/mol. The minimum atomic E-state index is -3.27. The van der Waals surface area contributed by atoms with Gasteiger partial charge in [-0.1, -0.05) is 36.4 Å². The summed E-state index contributed by atoms with van der Waals surface area (Å²) in [7, 11) is -1.63. The van der Waals surface area contributed by atoms with Crippen molar-refractivity contribution in [3.05, 3.63) is 65.2 Å². The molecule has 1 atom stereocenters. The summed E-state index contributed by atoms with van der Waals surface area (Å²) in [4.78, 5) is 0. The Kier molecular flexibility index (Phi) is 4.41. The number of sulfonamides is 1. The smallest absolute Gasteiger partial charge is 0.214 e. The number of benzene rings is 2. The standard InChI is InChI=1S/C18H21NO3S/c1-3-23(20,21)19-12-11-15-13-16(22-2)9-10-17(15)18(19)14-7-5-4-6-8-14/h4-10,13,18H,3,11-12H2,1-2H3. The Labute approximate surface area is 137 Å². The molecule has 0 spiro atoms. The number of rotatable bonds is 4. The Hall–Kier alpha value is -1.85.